The van der Waals surface area contributed by atoms with Gasteiger partial charge >= 0.3 is 5.69 Å². The maximum absolute atomic E-state index is 12.1. The Balaban J connectivity index is 1.73. The van der Waals surface area contributed by atoms with Crippen molar-refractivity contribution in [3.05, 3.63) is 67.5 Å². The van der Waals surface area contributed by atoms with Crippen molar-refractivity contribution in [3.63, 3.8) is 0 Å². The van der Waals surface area contributed by atoms with Gasteiger partial charge in [-0.1, -0.05) is 18.2 Å². The van der Waals surface area contributed by atoms with Gasteiger partial charge in [-0.25, -0.2) is 4.79 Å². The molecule has 26 heavy (non-hydrogen) atoms. The van der Waals surface area contributed by atoms with Gasteiger partial charge in [0.1, 0.15) is 6.23 Å². The van der Waals surface area contributed by atoms with Gasteiger partial charge in [0.05, 0.1) is 31.5 Å². The predicted molar refractivity (Wildman–Crippen MR) is 96.0 cm³/mol. The Morgan fingerprint density at radius 2 is 1.96 bits per heavy atom. The molecule has 3 rings (SSSR count). The van der Waals surface area contributed by atoms with E-state index in [1.165, 1.54) is 10.8 Å². The number of H-pyrrole nitrogens is 1. The monoisotopic (exact) mass is 360 g/mol. The molecule has 1 saturated heterocycles. The van der Waals surface area contributed by atoms with E-state index in [4.69, 9.17) is 9.47 Å². The highest BCUT2D eigenvalue weighted by Crippen LogP contribution is 2.26. The molecule has 1 aromatic carbocycles. The van der Waals surface area contributed by atoms with E-state index in [0.29, 0.717) is 25.0 Å². The molecule has 1 aliphatic rings. The molecule has 2 N–H and O–H groups in total. The summed E-state index contributed by atoms with van der Waals surface area (Å²) in [7, 11) is 0. The summed E-state index contributed by atoms with van der Waals surface area (Å²) >= 11 is 0. The number of benzene rings is 1. The molecule has 0 amide bonds. The minimum absolute atomic E-state index is 0.0830. The van der Waals surface area contributed by atoms with Crippen LogP contribution in [0.5, 0.6) is 0 Å². The van der Waals surface area contributed by atoms with Gasteiger partial charge in [-0.2, -0.15) is 0 Å². The van der Waals surface area contributed by atoms with Gasteiger partial charge in [0.2, 0.25) is 0 Å². The van der Waals surface area contributed by atoms with Crippen LogP contribution in [0.3, 0.4) is 0 Å². The molecule has 0 saturated carbocycles. The quantitative estimate of drug-likeness (QED) is 0.815. The Morgan fingerprint density at radius 3 is 2.62 bits per heavy atom. The number of aryl methyl sites for hydroxylation is 2. The maximum Gasteiger partial charge on any atom is 0.330 e. The lowest BCUT2D eigenvalue weighted by molar-refractivity contribution is -0.0250. The molecule has 0 spiro atoms. The minimum atomic E-state index is -0.517. The van der Waals surface area contributed by atoms with Crippen LogP contribution in [-0.4, -0.2) is 27.4 Å². The Kier molecular flexibility index (Phi) is 5.70. The summed E-state index contributed by atoms with van der Waals surface area (Å²) in [5, 5.41) is 9.18. The van der Waals surface area contributed by atoms with Crippen LogP contribution in [0.2, 0.25) is 0 Å². The zero-order valence-corrected chi connectivity index (χ0v) is 15.0. The average molecular weight is 360 g/mol. The van der Waals surface area contributed by atoms with Gasteiger partial charge in [0.15, 0.2) is 0 Å². The second-order valence-corrected chi connectivity index (χ2v) is 6.66. The molecule has 0 unspecified atom stereocenters. The van der Waals surface area contributed by atoms with Crippen molar-refractivity contribution in [1.29, 1.82) is 0 Å². The van der Waals surface area contributed by atoms with E-state index in [1.54, 1.807) is 0 Å². The molecule has 0 bridgehead atoms. The summed E-state index contributed by atoms with van der Waals surface area (Å²) in [6.07, 6.45) is 2.03. The van der Waals surface area contributed by atoms with Crippen LogP contribution in [0.25, 0.3) is 0 Å². The van der Waals surface area contributed by atoms with Crippen LogP contribution in [0.4, 0.5) is 0 Å². The van der Waals surface area contributed by atoms with Gasteiger partial charge < -0.3 is 14.6 Å². The lowest BCUT2D eigenvalue weighted by Gasteiger charge is -2.16. The number of nitrogens with zero attached hydrogens (tertiary/aromatic N) is 1. The van der Waals surface area contributed by atoms with Crippen molar-refractivity contribution < 1.29 is 14.6 Å². The smallest absolute Gasteiger partial charge is 0.330 e. The van der Waals surface area contributed by atoms with Gasteiger partial charge in [-0.3, -0.25) is 14.3 Å². The van der Waals surface area contributed by atoms with Gasteiger partial charge in [0, 0.05) is 6.20 Å². The number of aliphatic hydroxyl groups is 1. The van der Waals surface area contributed by atoms with Gasteiger partial charge in [0.25, 0.3) is 5.56 Å². The molecule has 140 valence electrons. The Labute approximate surface area is 151 Å². The number of rotatable bonds is 6. The number of nitrogens with one attached hydrogen (secondary N) is 1. The highest BCUT2D eigenvalue weighted by molar-refractivity contribution is 5.32. The first-order valence-corrected chi connectivity index (χ1v) is 8.73. The van der Waals surface area contributed by atoms with E-state index in [0.717, 1.165) is 16.7 Å². The average Bonchev–Trinajstić information content (AvgIpc) is 3.08. The summed E-state index contributed by atoms with van der Waals surface area (Å²) in [4.78, 5) is 26.5. The highest BCUT2D eigenvalue weighted by atomic mass is 16.5. The van der Waals surface area contributed by atoms with Crippen LogP contribution < -0.4 is 11.2 Å². The number of aliphatic hydroxyl groups excluding tert-OH is 1. The highest BCUT2D eigenvalue weighted by Gasteiger charge is 2.27. The zero-order chi connectivity index (χ0) is 18.7. The largest absolute Gasteiger partial charge is 0.394 e. The first-order valence-electron chi connectivity index (χ1n) is 8.73. The second kappa shape index (κ2) is 7.99. The molecule has 1 fully saturated rings. The molecule has 2 atom stereocenters. The van der Waals surface area contributed by atoms with E-state index in [1.807, 2.05) is 32.0 Å². The van der Waals surface area contributed by atoms with E-state index < -0.39 is 17.5 Å². The fourth-order valence-electron chi connectivity index (χ4n) is 3.21. The maximum atomic E-state index is 12.1. The number of ether oxygens (including phenoxy) is 2. The van der Waals surface area contributed by atoms with E-state index in [-0.39, 0.29) is 19.3 Å². The van der Waals surface area contributed by atoms with E-state index in [2.05, 4.69) is 4.98 Å². The lowest BCUT2D eigenvalue weighted by Crippen LogP contribution is -2.34. The Hall–Kier alpha value is -2.22. The summed E-state index contributed by atoms with van der Waals surface area (Å²) in [6.45, 7) is 4.45. The van der Waals surface area contributed by atoms with Crippen molar-refractivity contribution >= 4 is 0 Å². The van der Waals surface area contributed by atoms with Crippen LogP contribution in [0.1, 0.15) is 41.3 Å². The summed E-state index contributed by atoms with van der Waals surface area (Å²) in [5.74, 6) is 0. The van der Waals surface area contributed by atoms with Crippen LogP contribution in [-0.2, 0) is 22.7 Å². The number of aromatic nitrogens is 2. The molecule has 7 heteroatoms. The van der Waals surface area contributed by atoms with Crippen LogP contribution >= 0.6 is 0 Å². The van der Waals surface area contributed by atoms with Crippen molar-refractivity contribution in [2.24, 2.45) is 0 Å². The standard InChI is InChI=1S/C19H24N2O5/c1-12-4-3-5-13(2)16(12)11-25-10-14-8-21(19(24)20-18(14)23)17-7-6-15(9-22)26-17/h3-5,8,15,17,22H,6-7,9-11H2,1-2H3,(H,20,23,24)/t15-,17+/m0/s1. The molecule has 1 aliphatic heterocycles. The molecular formula is C19H24N2O5. The number of hydrogen-bond donors (Lipinski definition) is 2. The van der Waals surface area contributed by atoms with Crippen LogP contribution in [0.15, 0.2) is 34.0 Å². The third-order valence-electron chi connectivity index (χ3n) is 4.79. The summed E-state index contributed by atoms with van der Waals surface area (Å²) in [5.41, 5.74) is 2.77. The fraction of sp³-hybridized carbons (Fsp3) is 0.474. The molecule has 2 heterocycles. The second-order valence-electron chi connectivity index (χ2n) is 6.66. The molecule has 0 aliphatic carbocycles. The molecule has 0 radical (unpaired) electrons. The van der Waals surface area contributed by atoms with Gasteiger partial charge in [-0.05, 0) is 43.4 Å². The third-order valence-corrected chi connectivity index (χ3v) is 4.79. The zero-order valence-electron chi connectivity index (χ0n) is 15.0. The Morgan fingerprint density at radius 1 is 1.23 bits per heavy atom. The lowest BCUT2D eigenvalue weighted by atomic mass is 10.0. The normalized spacial score (nSPS) is 19.8. The molecular weight excluding hydrogens is 336 g/mol. The molecule has 2 aromatic rings. The molecule has 7 nitrogen and oxygen atoms in total. The van der Waals surface area contributed by atoms with Crippen molar-refractivity contribution in [1.82, 2.24) is 9.55 Å². The van der Waals surface area contributed by atoms with Gasteiger partial charge in [-0.15, -0.1) is 0 Å². The van der Waals surface area contributed by atoms with E-state index in [9.17, 15) is 14.7 Å². The van der Waals surface area contributed by atoms with Crippen molar-refractivity contribution in [3.8, 4) is 0 Å². The first-order chi connectivity index (χ1) is 12.5. The predicted octanol–water partition coefficient (Wildman–Crippen LogP) is 1.54. The number of aromatic amines is 1. The van der Waals surface area contributed by atoms with Crippen LogP contribution in [0, 0.1) is 13.8 Å². The number of hydrogen-bond acceptors (Lipinski definition) is 5. The SMILES string of the molecule is Cc1cccc(C)c1COCc1cn([C@H]2CC[C@@H](CO)O2)c(=O)[nH]c1=O. The first kappa shape index (κ1) is 18.6. The fourth-order valence-corrected chi connectivity index (χ4v) is 3.21. The summed E-state index contributed by atoms with van der Waals surface area (Å²) in [6, 6.07) is 6.04. The van der Waals surface area contributed by atoms with Crippen molar-refractivity contribution in [2.45, 2.75) is 52.2 Å². The van der Waals surface area contributed by atoms with E-state index >= 15 is 0 Å². The third kappa shape index (κ3) is 3.95. The molecule has 1 aromatic heterocycles. The summed E-state index contributed by atoms with van der Waals surface area (Å²) < 4.78 is 12.7. The Bertz CT molecular complexity index is 866. The topological polar surface area (TPSA) is 93.6 Å². The minimum Gasteiger partial charge on any atom is -0.394 e. The van der Waals surface area contributed by atoms with Crippen molar-refractivity contribution in [2.75, 3.05) is 6.61 Å².